The Morgan fingerprint density at radius 3 is 3.07 bits per heavy atom. The highest BCUT2D eigenvalue weighted by Crippen LogP contribution is 2.13. The fraction of sp³-hybridized carbons (Fsp3) is 0.364. The smallest absolute Gasteiger partial charge is 0.119 e. The first-order valence-electron chi connectivity index (χ1n) is 4.60. The van der Waals surface area contributed by atoms with Gasteiger partial charge in [0.25, 0.3) is 0 Å². The molecule has 1 aromatic carbocycles. The van der Waals surface area contributed by atoms with Crippen LogP contribution >= 0.6 is 0 Å². The average molecular weight is 190 g/mol. The van der Waals surface area contributed by atoms with Gasteiger partial charge in [-0.3, -0.25) is 0 Å². The lowest BCUT2D eigenvalue weighted by atomic mass is 10.2. The van der Waals surface area contributed by atoms with Crippen LogP contribution in [0.25, 0.3) is 0 Å². The van der Waals surface area contributed by atoms with E-state index in [9.17, 15) is 0 Å². The highest BCUT2D eigenvalue weighted by atomic mass is 16.5. The molecule has 0 atom stereocenters. The summed E-state index contributed by atoms with van der Waals surface area (Å²) in [6, 6.07) is 9.91. The van der Waals surface area contributed by atoms with Crippen LogP contribution < -0.4 is 10.1 Å². The molecule has 0 aliphatic rings. The summed E-state index contributed by atoms with van der Waals surface area (Å²) in [7, 11) is 1.91. The van der Waals surface area contributed by atoms with Gasteiger partial charge in [-0.25, -0.2) is 0 Å². The van der Waals surface area contributed by atoms with E-state index in [1.165, 1.54) is 5.56 Å². The highest BCUT2D eigenvalue weighted by molar-refractivity contribution is 5.28. The Bertz CT molecular complexity index is 317. The largest absolute Gasteiger partial charge is 0.493 e. The van der Waals surface area contributed by atoms with Gasteiger partial charge in [-0.1, -0.05) is 12.1 Å². The number of benzene rings is 1. The first-order chi connectivity index (χ1) is 6.86. The summed E-state index contributed by atoms with van der Waals surface area (Å²) in [5.74, 6) is 0.827. The minimum Gasteiger partial charge on any atom is -0.493 e. The Morgan fingerprint density at radius 2 is 2.36 bits per heavy atom. The number of nitriles is 1. The molecule has 3 heteroatoms. The standard InChI is InChI=1S/C11H14N2O/c1-13-9-10-4-2-5-11(8-10)14-7-3-6-12/h2,4-5,8,13H,3,7,9H2,1H3. The molecule has 0 aliphatic heterocycles. The zero-order chi connectivity index (χ0) is 10.2. The van der Waals surface area contributed by atoms with E-state index in [0.29, 0.717) is 13.0 Å². The van der Waals surface area contributed by atoms with E-state index in [1.807, 2.05) is 37.4 Å². The van der Waals surface area contributed by atoms with Crippen LogP contribution in [0.3, 0.4) is 0 Å². The van der Waals surface area contributed by atoms with Gasteiger partial charge in [-0.15, -0.1) is 0 Å². The van der Waals surface area contributed by atoms with Crippen LogP contribution in [0.4, 0.5) is 0 Å². The van der Waals surface area contributed by atoms with E-state index in [2.05, 4.69) is 5.32 Å². The van der Waals surface area contributed by atoms with Gasteiger partial charge in [0.2, 0.25) is 0 Å². The van der Waals surface area contributed by atoms with E-state index in [-0.39, 0.29) is 0 Å². The first-order valence-corrected chi connectivity index (χ1v) is 4.60. The number of nitrogens with zero attached hydrogens (tertiary/aromatic N) is 1. The number of nitrogens with one attached hydrogen (secondary N) is 1. The van der Waals surface area contributed by atoms with E-state index < -0.39 is 0 Å². The number of ether oxygens (including phenoxy) is 1. The Kier molecular flexibility index (Phi) is 4.53. The number of hydrogen-bond acceptors (Lipinski definition) is 3. The molecule has 74 valence electrons. The molecule has 0 saturated heterocycles. The monoisotopic (exact) mass is 190 g/mol. The molecule has 0 spiro atoms. The predicted molar refractivity (Wildman–Crippen MR) is 54.9 cm³/mol. The van der Waals surface area contributed by atoms with Gasteiger partial charge < -0.3 is 10.1 Å². The van der Waals surface area contributed by atoms with Crippen molar-refractivity contribution in [3.05, 3.63) is 29.8 Å². The van der Waals surface area contributed by atoms with Crippen LogP contribution in [-0.4, -0.2) is 13.7 Å². The summed E-state index contributed by atoms with van der Waals surface area (Å²) in [5.41, 5.74) is 1.18. The van der Waals surface area contributed by atoms with Crippen LogP contribution in [0.15, 0.2) is 24.3 Å². The topological polar surface area (TPSA) is 45.0 Å². The molecule has 0 saturated carbocycles. The molecule has 0 bridgehead atoms. The van der Waals surface area contributed by atoms with Crippen LogP contribution in [0, 0.1) is 11.3 Å². The van der Waals surface area contributed by atoms with Gasteiger partial charge >= 0.3 is 0 Å². The molecule has 0 unspecified atom stereocenters. The first kappa shape index (κ1) is 10.6. The minimum absolute atomic E-state index is 0.427. The molecule has 14 heavy (non-hydrogen) atoms. The van der Waals surface area contributed by atoms with Gasteiger partial charge in [-0.2, -0.15) is 5.26 Å². The predicted octanol–water partition coefficient (Wildman–Crippen LogP) is 1.70. The van der Waals surface area contributed by atoms with Crippen molar-refractivity contribution < 1.29 is 4.74 Å². The van der Waals surface area contributed by atoms with Crippen molar-refractivity contribution in [3.63, 3.8) is 0 Å². The molecular weight excluding hydrogens is 176 g/mol. The molecule has 0 aromatic heterocycles. The lowest BCUT2D eigenvalue weighted by molar-refractivity contribution is 0.326. The van der Waals surface area contributed by atoms with Crippen molar-refractivity contribution in [3.8, 4) is 11.8 Å². The van der Waals surface area contributed by atoms with E-state index >= 15 is 0 Å². The minimum atomic E-state index is 0.427. The van der Waals surface area contributed by atoms with E-state index in [0.717, 1.165) is 12.3 Å². The van der Waals surface area contributed by atoms with Crippen molar-refractivity contribution >= 4 is 0 Å². The Hall–Kier alpha value is -1.53. The van der Waals surface area contributed by atoms with Crippen molar-refractivity contribution in [1.29, 1.82) is 5.26 Å². The zero-order valence-electron chi connectivity index (χ0n) is 8.29. The van der Waals surface area contributed by atoms with E-state index in [4.69, 9.17) is 10.00 Å². The number of rotatable bonds is 5. The van der Waals surface area contributed by atoms with Gasteiger partial charge in [0.15, 0.2) is 0 Å². The van der Waals surface area contributed by atoms with Crippen LogP contribution in [-0.2, 0) is 6.54 Å². The lowest BCUT2D eigenvalue weighted by Gasteiger charge is -2.05. The quantitative estimate of drug-likeness (QED) is 0.719. The van der Waals surface area contributed by atoms with Crippen LogP contribution in [0.2, 0.25) is 0 Å². The molecule has 1 rings (SSSR count). The van der Waals surface area contributed by atoms with Crippen molar-refractivity contribution in [1.82, 2.24) is 5.32 Å². The Balaban J connectivity index is 2.51. The summed E-state index contributed by atoms with van der Waals surface area (Å²) in [5, 5.41) is 11.4. The molecule has 0 aliphatic carbocycles. The summed E-state index contributed by atoms with van der Waals surface area (Å²) < 4.78 is 5.38. The second-order valence-corrected chi connectivity index (χ2v) is 2.93. The average Bonchev–Trinajstić information content (AvgIpc) is 2.19. The third-order valence-electron chi connectivity index (χ3n) is 1.76. The Labute approximate surface area is 84.3 Å². The molecule has 1 aromatic rings. The molecule has 0 fully saturated rings. The van der Waals surface area contributed by atoms with Crippen molar-refractivity contribution in [2.75, 3.05) is 13.7 Å². The fourth-order valence-corrected chi connectivity index (χ4v) is 1.16. The maximum atomic E-state index is 8.34. The van der Waals surface area contributed by atoms with Gasteiger partial charge in [0.05, 0.1) is 12.5 Å². The van der Waals surface area contributed by atoms with E-state index in [1.54, 1.807) is 0 Å². The Morgan fingerprint density at radius 1 is 1.50 bits per heavy atom. The molecular formula is C11H14N2O. The van der Waals surface area contributed by atoms with Gasteiger partial charge in [0.1, 0.15) is 12.4 Å². The van der Waals surface area contributed by atoms with Gasteiger partial charge in [-0.05, 0) is 24.7 Å². The second-order valence-electron chi connectivity index (χ2n) is 2.93. The molecule has 1 N–H and O–H groups in total. The second kappa shape index (κ2) is 6.01. The van der Waals surface area contributed by atoms with Crippen molar-refractivity contribution in [2.24, 2.45) is 0 Å². The maximum Gasteiger partial charge on any atom is 0.119 e. The summed E-state index contributed by atoms with van der Waals surface area (Å²) in [6.45, 7) is 1.29. The summed E-state index contributed by atoms with van der Waals surface area (Å²) in [4.78, 5) is 0. The van der Waals surface area contributed by atoms with Crippen LogP contribution in [0.5, 0.6) is 5.75 Å². The summed E-state index contributed by atoms with van der Waals surface area (Å²) in [6.07, 6.45) is 0.427. The normalized spacial score (nSPS) is 9.43. The third-order valence-corrected chi connectivity index (χ3v) is 1.76. The van der Waals surface area contributed by atoms with Gasteiger partial charge in [0, 0.05) is 6.54 Å². The molecule has 0 amide bonds. The zero-order valence-corrected chi connectivity index (χ0v) is 8.29. The number of hydrogen-bond donors (Lipinski definition) is 1. The lowest BCUT2D eigenvalue weighted by Crippen LogP contribution is -2.05. The SMILES string of the molecule is CNCc1cccc(OCCC#N)c1. The molecule has 0 radical (unpaired) electrons. The van der Waals surface area contributed by atoms with Crippen molar-refractivity contribution in [2.45, 2.75) is 13.0 Å². The summed E-state index contributed by atoms with van der Waals surface area (Å²) >= 11 is 0. The fourth-order valence-electron chi connectivity index (χ4n) is 1.16. The molecule has 3 nitrogen and oxygen atoms in total. The highest BCUT2D eigenvalue weighted by Gasteiger charge is 1.95. The van der Waals surface area contributed by atoms with Crippen LogP contribution in [0.1, 0.15) is 12.0 Å². The maximum absolute atomic E-state index is 8.34. The third kappa shape index (κ3) is 3.46. The molecule has 0 heterocycles.